The molecular formula is C28H36N2O4S. The summed E-state index contributed by atoms with van der Waals surface area (Å²) in [5.41, 5.74) is 2.90. The smallest absolute Gasteiger partial charge is 0.308 e. The number of nitrogens with zero attached hydrogens (tertiary/aromatic N) is 1. The summed E-state index contributed by atoms with van der Waals surface area (Å²) in [5, 5.41) is 3.67. The van der Waals surface area contributed by atoms with Crippen LogP contribution < -0.4 is 10.1 Å². The number of hydrogen-bond acceptors (Lipinski definition) is 6. The Bertz CT molecular complexity index is 1110. The van der Waals surface area contributed by atoms with Crippen LogP contribution in [0.25, 0.3) is 0 Å². The van der Waals surface area contributed by atoms with Crippen LogP contribution in [0, 0.1) is 30.1 Å². The van der Waals surface area contributed by atoms with Gasteiger partial charge >= 0.3 is 5.97 Å². The molecule has 0 spiro atoms. The summed E-state index contributed by atoms with van der Waals surface area (Å²) in [5.74, 6) is 2.56. The van der Waals surface area contributed by atoms with Crippen molar-refractivity contribution in [2.45, 2.75) is 77.7 Å². The third-order valence-corrected chi connectivity index (χ3v) is 9.74. The van der Waals surface area contributed by atoms with Crippen molar-refractivity contribution in [3.05, 3.63) is 40.4 Å². The van der Waals surface area contributed by atoms with Gasteiger partial charge in [0.05, 0.1) is 6.10 Å². The van der Waals surface area contributed by atoms with Gasteiger partial charge in [-0.2, -0.15) is 0 Å². The fourth-order valence-corrected chi connectivity index (χ4v) is 8.27. The number of hydrogen-bond donors (Lipinski definition) is 1. The topological polar surface area (TPSA) is 77.5 Å². The highest BCUT2D eigenvalue weighted by molar-refractivity contribution is 7.15. The van der Waals surface area contributed by atoms with Gasteiger partial charge < -0.3 is 14.8 Å². The van der Waals surface area contributed by atoms with Crippen LogP contribution in [-0.4, -0.2) is 30.1 Å². The number of amides is 1. The van der Waals surface area contributed by atoms with Crippen LogP contribution in [0.5, 0.6) is 5.75 Å². The second-order valence-corrected chi connectivity index (χ2v) is 12.2. The van der Waals surface area contributed by atoms with E-state index in [9.17, 15) is 9.59 Å². The van der Waals surface area contributed by atoms with E-state index in [0.717, 1.165) is 43.4 Å². The number of thiazole rings is 1. The molecule has 6 nitrogen and oxygen atoms in total. The molecule has 2 saturated carbocycles. The van der Waals surface area contributed by atoms with Gasteiger partial charge in [-0.05, 0) is 97.8 Å². The predicted octanol–water partition coefficient (Wildman–Crippen LogP) is 5.89. The predicted molar refractivity (Wildman–Crippen MR) is 137 cm³/mol. The van der Waals surface area contributed by atoms with E-state index in [0.29, 0.717) is 41.0 Å². The average Bonchev–Trinajstić information content (AvgIpc) is 3.36. The molecule has 0 bridgehead atoms. The number of aromatic nitrogens is 1. The first-order valence-electron chi connectivity index (χ1n) is 12.8. The number of benzene rings is 1. The van der Waals surface area contributed by atoms with Gasteiger partial charge in [0.15, 0.2) is 5.13 Å². The Balaban J connectivity index is 1.34. The van der Waals surface area contributed by atoms with Crippen molar-refractivity contribution >= 4 is 28.3 Å². The number of aryl methyl sites for hydroxylation is 2. The summed E-state index contributed by atoms with van der Waals surface area (Å²) in [6.07, 6.45) is 8.93. The molecule has 188 valence electrons. The van der Waals surface area contributed by atoms with Crippen molar-refractivity contribution < 1.29 is 19.1 Å². The van der Waals surface area contributed by atoms with E-state index in [1.807, 2.05) is 20.1 Å². The Kier molecular flexibility index (Phi) is 6.75. The summed E-state index contributed by atoms with van der Waals surface area (Å²) in [7, 11) is 1.85. The molecule has 6 atom stereocenters. The molecule has 0 aliphatic heterocycles. The number of anilines is 1. The van der Waals surface area contributed by atoms with E-state index >= 15 is 0 Å². The van der Waals surface area contributed by atoms with Gasteiger partial charge in [-0.3, -0.25) is 9.59 Å². The first kappa shape index (κ1) is 24.4. The van der Waals surface area contributed by atoms with Crippen molar-refractivity contribution in [1.29, 1.82) is 0 Å². The Hall–Kier alpha value is -2.25. The van der Waals surface area contributed by atoms with Gasteiger partial charge in [-0.1, -0.05) is 13.0 Å². The molecule has 1 amide bonds. The van der Waals surface area contributed by atoms with E-state index < -0.39 is 0 Å². The maximum absolute atomic E-state index is 12.7. The van der Waals surface area contributed by atoms with Crippen LogP contribution in [0.4, 0.5) is 5.13 Å². The number of carbonyl (C=O) groups excluding carboxylic acids is 2. The minimum atomic E-state index is -0.277. The lowest BCUT2D eigenvalue weighted by Gasteiger charge is -2.52. The number of methoxy groups -OCH3 is 1. The van der Waals surface area contributed by atoms with Crippen LogP contribution in [-0.2, 0) is 20.7 Å². The highest BCUT2D eigenvalue weighted by atomic mass is 32.1. The molecule has 1 aromatic heterocycles. The largest absolute Gasteiger partial charge is 0.427 e. The highest BCUT2D eigenvalue weighted by Gasteiger charge is 2.58. The molecule has 2 aromatic rings. The van der Waals surface area contributed by atoms with Gasteiger partial charge in [0.2, 0.25) is 5.91 Å². The Labute approximate surface area is 211 Å². The summed E-state index contributed by atoms with van der Waals surface area (Å²) in [4.78, 5) is 29.5. The molecule has 35 heavy (non-hydrogen) atoms. The fourth-order valence-electron chi connectivity index (χ4n) is 7.59. The van der Waals surface area contributed by atoms with Crippen LogP contribution in [0.15, 0.2) is 24.4 Å². The normalized spacial score (nSPS) is 31.3. The number of fused-ring (bicyclic) bond motifs is 5. The lowest BCUT2D eigenvalue weighted by molar-refractivity contribution is -0.131. The van der Waals surface area contributed by atoms with E-state index in [4.69, 9.17) is 9.47 Å². The second-order valence-electron chi connectivity index (χ2n) is 10.9. The molecule has 7 heteroatoms. The Morgan fingerprint density at radius 2 is 2.11 bits per heavy atom. The van der Waals surface area contributed by atoms with Crippen molar-refractivity contribution in [2.24, 2.45) is 23.2 Å². The van der Waals surface area contributed by atoms with Gasteiger partial charge in [-0.25, -0.2) is 4.98 Å². The van der Waals surface area contributed by atoms with Gasteiger partial charge in [0.1, 0.15) is 5.75 Å². The lowest BCUT2D eigenvalue weighted by atomic mass is 9.53. The first-order chi connectivity index (χ1) is 16.8. The Morgan fingerprint density at radius 3 is 2.83 bits per heavy atom. The zero-order chi connectivity index (χ0) is 24.7. The number of ether oxygens (including phenoxy) is 2. The third kappa shape index (κ3) is 4.65. The average molecular weight is 497 g/mol. The SMILES string of the molecule is COC1CC(CCC(=O)Nc2ncc(C)s2)C2C3CCc4cc(OC(C)=O)ccc4C3CCC12C. The summed E-state index contributed by atoms with van der Waals surface area (Å²) < 4.78 is 11.4. The standard InChI is InChI=1S/C28H36N2O4S/c1-16-15-29-27(35-16)30-25(32)10-6-19-14-24(33-4)28(3)12-11-22-21-9-7-20(34-17(2)31)13-18(21)5-8-23(22)26(19)28/h7,9,13,15,19,22-24,26H,5-6,8,10-12,14H2,1-4H3,(H,29,30,32). The van der Waals surface area contributed by atoms with Gasteiger partial charge in [-0.15, -0.1) is 11.3 Å². The minimum Gasteiger partial charge on any atom is -0.427 e. The molecule has 1 aromatic carbocycles. The number of rotatable bonds is 6. The van der Waals surface area contributed by atoms with E-state index in [-0.39, 0.29) is 23.4 Å². The van der Waals surface area contributed by atoms with E-state index in [1.54, 1.807) is 6.20 Å². The zero-order valence-corrected chi connectivity index (χ0v) is 22.0. The maximum atomic E-state index is 12.7. The molecule has 6 unspecified atom stereocenters. The number of nitrogens with one attached hydrogen (secondary N) is 1. The minimum absolute atomic E-state index is 0.0567. The molecule has 1 N–H and O–H groups in total. The van der Waals surface area contributed by atoms with Crippen molar-refractivity contribution in [1.82, 2.24) is 4.98 Å². The summed E-state index contributed by atoms with van der Waals surface area (Å²) in [6, 6.07) is 6.20. The molecule has 0 saturated heterocycles. The highest BCUT2D eigenvalue weighted by Crippen LogP contribution is 2.64. The molecule has 1 heterocycles. The fraction of sp³-hybridized carbons (Fsp3) is 0.607. The second kappa shape index (κ2) is 9.66. The quantitative estimate of drug-likeness (QED) is 0.398. The number of esters is 1. The van der Waals surface area contributed by atoms with Crippen molar-refractivity contribution in [2.75, 3.05) is 12.4 Å². The first-order valence-corrected chi connectivity index (χ1v) is 13.7. The van der Waals surface area contributed by atoms with Crippen LogP contribution >= 0.6 is 11.3 Å². The summed E-state index contributed by atoms with van der Waals surface area (Å²) in [6.45, 7) is 5.87. The zero-order valence-electron chi connectivity index (χ0n) is 21.1. The number of carbonyl (C=O) groups is 2. The van der Waals surface area contributed by atoms with Crippen molar-refractivity contribution in [3.8, 4) is 5.75 Å². The van der Waals surface area contributed by atoms with Crippen LogP contribution in [0.3, 0.4) is 0 Å². The molecule has 5 rings (SSSR count). The molecule has 0 radical (unpaired) electrons. The van der Waals surface area contributed by atoms with E-state index in [1.165, 1.54) is 29.4 Å². The molecule has 3 aliphatic rings. The van der Waals surface area contributed by atoms with Gasteiger partial charge in [0, 0.05) is 31.5 Å². The van der Waals surface area contributed by atoms with E-state index in [2.05, 4.69) is 29.4 Å². The van der Waals surface area contributed by atoms with Crippen LogP contribution in [0.1, 0.15) is 74.3 Å². The molecular weight excluding hydrogens is 460 g/mol. The Morgan fingerprint density at radius 1 is 1.29 bits per heavy atom. The monoisotopic (exact) mass is 496 g/mol. The lowest BCUT2D eigenvalue weighted by Crippen LogP contribution is -2.45. The van der Waals surface area contributed by atoms with Crippen molar-refractivity contribution in [3.63, 3.8) is 0 Å². The molecule has 2 fully saturated rings. The van der Waals surface area contributed by atoms with Gasteiger partial charge in [0.25, 0.3) is 0 Å². The molecule has 3 aliphatic carbocycles. The summed E-state index contributed by atoms with van der Waals surface area (Å²) >= 11 is 1.52. The maximum Gasteiger partial charge on any atom is 0.308 e. The van der Waals surface area contributed by atoms with Crippen LogP contribution in [0.2, 0.25) is 0 Å². The third-order valence-electron chi connectivity index (χ3n) is 8.91.